The topological polar surface area (TPSA) is 44.4 Å². The van der Waals surface area contributed by atoms with Crippen molar-refractivity contribution in [1.82, 2.24) is 15.5 Å². The molecule has 1 saturated heterocycles. The lowest BCUT2D eigenvalue weighted by atomic mass is 10.1. The number of hydrogen-bond donors (Lipinski definition) is 2. The van der Waals surface area contributed by atoms with Gasteiger partial charge < -0.3 is 10.6 Å². The fraction of sp³-hybridized carbons (Fsp3) is 0.533. The van der Waals surface area contributed by atoms with Gasteiger partial charge in [0.25, 0.3) is 0 Å². The largest absolute Gasteiger partial charge is 0.351 e. The van der Waals surface area contributed by atoms with Gasteiger partial charge in [-0.25, -0.2) is 0 Å². The number of nitrogens with one attached hydrogen (secondary N) is 2. The van der Waals surface area contributed by atoms with E-state index in [9.17, 15) is 4.79 Å². The Morgan fingerprint density at radius 2 is 1.95 bits per heavy atom. The molecule has 104 valence electrons. The first-order valence-corrected chi connectivity index (χ1v) is 6.98. The molecule has 1 fully saturated rings. The summed E-state index contributed by atoms with van der Waals surface area (Å²) < 4.78 is 0. The van der Waals surface area contributed by atoms with Crippen LogP contribution in [0.2, 0.25) is 0 Å². The Balaban J connectivity index is 1.67. The maximum absolute atomic E-state index is 11.9. The summed E-state index contributed by atoms with van der Waals surface area (Å²) in [5.74, 6) is 0.117. The lowest BCUT2D eigenvalue weighted by molar-refractivity contribution is -0.122. The molecule has 1 aromatic rings. The first kappa shape index (κ1) is 14.0. The van der Waals surface area contributed by atoms with Gasteiger partial charge in [0.05, 0.1) is 6.54 Å². The lowest BCUT2D eigenvalue weighted by Gasteiger charge is -2.31. The van der Waals surface area contributed by atoms with Gasteiger partial charge in [0, 0.05) is 25.7 Å². The third-order valence-electron chi connectivity index (χ3n) is 3.70. The summed E-state index contributed by atoms with van der Waals surface area (Å²) in [5, 5.41) is 6.27. The number of rotatable bonds is 5. The SMILES string of the molecule is CNC1CCN(CC(=O)NCc2ccccc2)CC1. The smallest absolute Gasteiger partial charge is 0.234 e. The van der Waals surface area contributed by atoms with Crippen LogP contribution in [0.25, 0.3) is 0 Å². The van der Waals surface area contributed by atoms with E-state index in [-0.39, 0.29) is 5.91 Å². The van der Waals surface area contributed by atoms with Gasteiger partial charge in [-0.3, -0.25) is 9.69 Å². The molecule has 0 aliphatic carbocycles. The maximum Gasteiger partial charge on any atom is 0.234 e. The first-order chi connectivity index (χ1) is 9.28. The molecule has 0 saturated carbocycles. The van der Waals surface area contributed by atoms with Gasteiger partial charge in [-0.2, -0.15) is 0 Å². The monoisotopic (exact) mass is 261 g/mol. The summed E-state index contributed by atoms with van der Waals surface area (Å²) in [5.41, 5.74) is 1.14. The van der Waals surface area contributed by atoms with E-state index >= 15 is 0 Å². The summed E-state index contributed by atoms with van der Waals surface area (Å²) in [6, 6.07) is 10.6. The second-order valence-electron chi connectivity index (χ2n) is 5.10. The van der Waals surface area contributed by atoms with Crippen molar-refractivity contribution in [2.75, 3.05) is 26.7 Å². The molecule has 0 radical (unpaired) electrons. The van der Waals surface area contributed by atoms with Crippen LogP contribution in [0, 0.1) is 0 Å². The van der Waals surface area contributed by atoms with Crippen molar-refractivity contribution >= 4 is 5.91 Å². The van der Waals surface area contributed by atoms with Crippen LogP contribution < -0.4 is 10.6 Å². The summed E-state index contributed by atoms with van der Waals surface area (Å²) in [7, 11) is 2.01. The molecular formula is C15H23N3O. The zero-order chi connectivity index (χ0) is 13.5. The van der Waals surface area contributed by atoms with E-state index in [0.29, 0.717) is 19.1 Å². The summed E-state index contributed by atoms with van der Waals surface area (Å²) in [6.45, 7) is 3.14. The van der Waals surface area contributed by atoms with Crippen LogP contribution in [0.3, 0.4) is 0 Å². The number of amides is 1. The highest BCUT2D eigenvalue weighted by molar-refractivity contribution is 5.78. The Bertz CT molecular complexity index is 386. The second kappa shape index (κ2) is 7.26. The predicted octanol–water partition coefficient (Wildman–Crippen LogP) is 0.987. The Morgan fingerprint density at radius 3 is 2.58 bits per heavy atom. The molecule has 1 aliphatic rings. The molecule has 1 heterocycles. The molecule has 19 heavy (non-hydrogen) atoms. The Hall–Kier alpha value is -1.39. The number of hydrogen-bond acceptors (Lipinski definition) is 3. The molecule has 0 spiro atoms. The molecule has 2 rings (SSSR count). The standard InChI is InChI=1S/C15H23N3O/c1-16-14-7-9-18(10-8-14)12-15(19)17-11-13-5-3-2-4-6-13/h2-6,14,16H,7-12H2,1H3,(H,17,19). The highest BCUT2D eigenvalue weighted by Crippen LogP contribution is 2.09. The minimum Gasteiger partial charge on any atom is -0.351 e. The molecule has 1 aliphatic heterocycles. The zero-order valence-corrected chi connectivity index (χ0v) is 11.6. The van der Waals surface area contributed by atoms with Gasteiger partial charge in [0.1, 0.15) is 0 Å². The highest BCUT2D eigenvalue weighted by Gasteiger charge is 2.19. The van der Waals surface area contributed by atoms with Crippen LogP contribution in [0.1, 0.15) is 18.4 Å². The normalized spacial score (nSPS) is 17.3. The van der Waals surface area contributed by atoms with Crippen molar-refractivity contribution in [3.8, 4) is 0 Å². The van der Waals surface area contributed by atoms with Crippen molar-refractivity contribution in [3.05, 3.63) is 35.9 Å². The van der Waals surface area contributed by atoms with E-state index < -0.39 is 0 Å². The maximum atomic E-state index is 11.9. The summed E-state index contributed by atoms with van der Waals surface area (Å²) in [6.07, 6.45) is 2.25. The first-order valence-electron chi connectivity index (χ1n) is 6.98. The van der Waals surface area contributed by atoms with Crippen LogP contribution in [0.15, 0.2) is 30.3 Å². The average Bonchev–Trinajstić information content (AvgIpc) is 2.47. The van der Waals surface area contributed by atoms with Crippen LogP contribution in [-0.4, -0.2) is 43.5 Å². The van der Waals surface area contributed by atoms with E-state index in [1.54, 1.807) is 0 Å². The third-order valence-corrected chi connectivity index (χ3v) is 3.70. The van der Waals surface area contributed by atoms with E-state index in [0.717, 1.165) is 31.5 Å². The Kier molecular flexibility index (Phi) is 5.36. The summed E-state index contributed by atoms with van der Waals surface area (Å²) >= 11 is 0. The van der Waals surface area contributed by atoms with Gasteiger partial charge in [0.2, 0.25) is 5.91 Å². The fourth-order valence-corrected chi connectivity index (χ4v) is 2.44. The molecule has 0 atom stereocenters. The molecule has 0 aromatic heterocycles. The van der Waals surface area contributed by atoms with Gasteiger partial charge in [0.15, 0.2) is 0 Å². The van der Waals surface area contributed by atoms with Gasteiger partial charge in [-0.05, 0) is 25.5 Å². The Labute approximate surface area is 115 Å². The van der Waals surface area contributed by atoms with Crippen LogP contribution in [0.5, 0.6) is 0 Å². The number of carbonyl (C=O) groups excluding carboxylic acids is 1. The molecule has 2 N–H and O–H groups in total. The fourth-order valence-electron chi connectivity index (χ4n) is 2.44. The molecule has 0 bridgehead atoms. The number of piperidine rings is 1. The number of carbonyl (C=O) groups is 1. The van der Waals surface area contributed by atoms with Crippen molar-refractivity contribution in [1.29, 1.82) is 0 Å². The molecule has 0 unspecified atom stereocenters. The second-order valence-corrected chi connectivity index (χ2v) is 5.10. The molecular weight excluding hydrogens is 238 g/mol. The van der Waals surface area contributed by atoms with Crippen molar-refractivity contribution < 1.29 is 4.79 Å². The molecule has 1 amide bonds. The van der Waals surface area contributed by atoms with Crippen LogP contribution in [-0.2, 0) is 11.3 Å². The third kappa shape index (κ3) is 4.65. The molecule has 4 heteroatoms. The highest BCUT2D eigenvalue weighted by atomic mass is 16.2. The summed E-state index contributed by atoms with van der Waals surface area (Å²) in [4.78, 5) is 14.1. The number of likely N-dealkylation sites (tertiary alicyclic amines) is 1. The zero-order valence-electron chi connectivity index (χ0n) is 11.6. The van der Waals surface area contributed by atoms with Crippen LogP contribution in [0.4, 0.5) is 0 Å². The number of benzene rings is 1. The van der Waals surface area contributed by atoms with Crippen molar-refractivity contribution in [3.63, 3.8) is 0 Å². The van der Waals surface area contributed by atoms with Crippen molar-refractivity contribution in [2.24, 2.45) is 0 Å². The van der Waals surface area contributed by atoms with Crippen LogP contribution >= 0.6 is 0 Å². The minimum atomic E-state index is 0.117. The van der Waals surface area contributed by atoms with Gasteiger partial charge in [-0.1, -0.05) is 30.3 Å². The molecule has 4 nitrogen and oxygen atoms in total. The van der Waals surface area contributed by atoms with E-state index in [4.69, 9.17) is 0 Å². The van der Waals surface area contributed by atoms with Gasteiger partial charge >= 0.3 is 0 Å². The quantitative estimate of drug-likeness (QED) is 0.830. The van der Waals surface area contributed by atoms with E-state index in [2.05, 4.69) is 15.5 Å². The van der Waals surface area contributed by atoms with Crippen molar-refractivity contribution in [2.45, 2.75) is 25.4 Å². The Morgan fingerprint density at radius 1 is 1.26 bits per heavy atom. The van der Waals surface area contributed by atoms with E-state index in [1.807, 2.05) is 37.4 Å². The van der Waals surface area contributed by atoms with Gasteiger partial charge in [-0.15, -0.1) is 0 Å². The minimum absolute atomic E-state index is 0.117. The predicted molar refractivity (Wildman–Crippen MR) is 76.8 cm³/mol. The average molecular weight is 261 g/mol. The lowest BCUT2D eigenvalue weighted by Crippen LogP contribution is -2.45. The number of nitrogens with zero attached hydrogens (tertiary/aromatic N) is 1. The molecule has 1 aromatic carbocycles. The van der Waals surface area contributed by atoms with E-state index in [1.165, 1.54) is 0 Å².